The molecule has 1 aromatic carbocycles. The predicted octanol–water partition coefficient (Wildman–Crippen LogP) is 1.79. The van der Waals surface area contributed by atoms with Gasteiger partial charge in [-0.3, -0.25) is 4.79 Å². The van der Waals surface area contributed by atoms with Crippen molar-refractivity contribution < 1.29 is 14.3 Å². The Kier molecular flexibility index (Phi) is 3.22. The average molecular weight is 235 g/mol. The van der Waals surface area contributed by atoms with Crippen LogP contribution in [0.2, 0.25) is 0 Å². The van der Waals surface area contributed by atoms with E-state index < -0.39 is 0 Å². The first-order chi connectivity index (χ1) is 8.17. The van der Waals surface area contributed by atoms with E-state index in [1.807, 2.05) is 19.2 Å². The van der Waals surface area contributed by atoms with Crippen LogP contribution in [0.1, 0.15) is 17.9 Å². The molecule has 1 unspecified atom stereocenters. The van der Waals surface area contributed by atoms with Crippen molar-refractivity contribution in [2.45, 2.75) is 12.3 Å². The number of benzene rings is 1. The average Bonchev–Trinajstić information content (AvgIpc) is 2.66. The van der Waals surface area contributed by atoms with Gasteiger partial charge < -0.3 is 14.4 Å². The summed E-state index contributed by atoms with van der Waals surface area (Å²) in [5, 5.41) is 0. The number of ether oxygens (including phenoxy) is 2. The molecular formula is C13H17NO3. The molecule has 1 aliphatic rings. The molecule has 0 spiro atoms. The van der Waals surface area contributed by atoms with Crippen molar-refractivity contribution in [1.29, 1.82) is 0 Å². The van der Waals surface area contributed by atoms with E-state index in [1.165, 1.54) is 7.11 Å². The van der Waals surface area contributed by atoms with Gasteiger partial charge in [-0.2, -0.15) is 0 Å². The molecule has 0 aromatic heterocycles. The Morgan fingerprint density at radius 1 is 1.47 bits per heavy atom. The van der Waals surface area contributed by atoms with E-state index >= 15 is 0 Å². The van der Waals surface area contributed by atoms with Crippen LogP contribution in [-0.4, -0.2) is 33.8 Å². The number of para-hydroxylation sites is 1. The molecule has 0 saturated carbocycles. The van der Waals surface area contributed by atoms with Gasteiger partial charge in [0.2, 0.25) is 0 Å². The Morgan fingerprint density at radius 3 is 2.88 bits per heavy atom. The molecule has 2 rings (SSSR count). The minimum Gasteiger partial charge on any atom is -0.495 e. The molecule has 92 valence electrons. The number of nitrogens with zero attached hydrogens (tertiary/aromatic N) is 1. The van der Waals surface area contributed by atoms with Crippen LogP contribution in [0.25, 0.3) is 0 Å². The van der Waals surface area contributed by atoms with E-state index in [4.69, 9.17) is 9.47 Å². The van der Waals surface area contributed by atoms with Gasteiger partial charge in [0, 0.05) is 19.5 Å². The van der Waals surface area contributed by atoms with Crippen LogP contribution < -0.4 is 9.64 Å². The van der Waals surface area contributed by atoms with E-state index in [0.717, 1.165) is 23.5 Å². The predicted molar refractivity (Wildman–Crippen MR) is 65.6 cm³/mol. The van der Waals surface area contributed by atoms with Gasteiger partial charge in [-0.25, -0.2) is 0 Å². The summed E-state index contributed by atoms with van der Waals surface area (Å²) in [4.78, 5) is 13.5. The molecule has 1 aromatic rings. The SMILES string of the molecule is COC(=O)CC1CN(C)c2c(OC)cccc21. The van der Waals surface area contributed by atoms with E-state index in [-0.39, 0.29) is 11.9 Å². The van der Waals surface area contributed by atoms with Gasteiger partial charge in [-0.15, -0.1) is 0 Å². The maximum atomic E-state index is 11.4. The molecule has 0 N–H and O–H groups in total. The third kappa shape index (κ3) is 2.07. The minimum atomic E-state index is -0.168. The molecule has 1 atom stereocenters. The monoisotopic (exact) mass is 235 g/mol. The summed E-state index contributed by atoms with van der Waals surface area (Å²) in [6.45, 7) is 0.824. The maximum absolute atomic E-state index is 11.4. The molecule has 0 amide bonds. The standard InChI is InChI=1S/C13H17NO3/c1-14-8-9(7-12(15)17-3)10-5-4-6-11(16-2)13(10)14/h4-6,9H,7-8H2,1-3H3. The molecule has 0 saturated heterocycles. The first-order valence-corrected chi connectivity index (χ1v) is 5.62. The van der Waals surface area contributed by atoms with Crippen molar-refractivity contribution in [3.05, 3.63) is 23.8 Å². The normalized spacial score (nSPS) is 17.8. The lowest BCUT2D eigenvalue weighted by Crippen LogP contribution is -2.17. The van der Waals surface area contributed by atoms with E-state index in [9.17, 15) is 4.79 Å². The fourth-order valence-electron chi connectivity index (χ4n) is 2.42. The lowest BCUT2D eigenvalue weighted by atomic mass is 9.98. The highest BCUT2D eigenvalue weighted by Crippen LogP contribution is 2.43. The third-order valence-corrected chi connectivity index (χ3v) is 3.21. The number of methoxy groups -OCH3 is 2. The summed E-state index contributed by atoms with van der Waals surface area (Å²) >= 11 is 0. The van der Waals surface area contributed by atoms with Crippen LogP contribution in [-0.2, 0) is 9.53 Å². The van der Waals surface area contributed by atoms with Crippen molar-refractivity contribution in [1.82, 2.24) is 0 Å². The van der Waals surface area contributed by atoms with Gasteiger partial charge in [0.25, 0.3) is 0 Å². The molecule has 17 heavy (non-hydrogen) atoms. The number of esters is 1. The summed E-state index contributed by atoms with van der Waals surface area (Å²) < 4.78 is 10.1. The van der Waals surface area contributed by atoms with Crippen molar-refractivity contribution >= 4 is 11.7 Å². The highest BCUT2D eigenvalue weighted by atomic mass is 16.5. The van der Waals surface area contributed by atoms with Crippen LogP contribution in [0.4, 0.5) is 5.69 Å². The van der Waals surface area contributed by atoms with Gasteiger partial charge in [0.05, 0.1) is 26.3 Å². The summed E-state index contributed by atoms with van der Waals surface area (Å²) in [6, 6.07) is 5.95. The van der Waals surface area contributed by atoms with Gasteiger partial charge in [-0.05, 0) is 11.6 Å². The molecular weight excluding hydrogens is 218 g/mol. The molecule has 0 radical (unpaired) electrons. The second kappa shape index (κ2) is 4.65. The van der Waals surface area contributed by atoms with Gasteiger partial charge in [0.1, 0.15) is 5.75 Å². The minimum absolute atomic E-state index is 0.168. The highest BCUT2D eigenvalue weighted by molar-refractivity contribution is 5.74. The largest absolute Gasteiger partial charge is 0.495 e. The number of hydrogen-bond acceptors (Lipinski definition) is 4. The fraction of sp³-hybridized carbons (Fsp3) is 0.462. The van der Waals surface area contributed by atoms with E-state index in [1.54, 1.807) is 7.11 Å². The zero-order valence-corrected chi connectivity index (χ0v) is 10.4. The molecule has 1 aliphatic heterocycles. The van der Waals surface area contributed by atoms with Crippen molar-refractivity contribution in [2.75, 3.05) is 32.7 Å². The Labute approximate surface area is 101 Å². The maximum Gasteiger partial charge on any atom is 0.306 e. The summed E-state index contributed by atoms with van der Waals surface area (Å²) in [5.41, 5.74) is 2.25. The summed E-state index contributed by atoms with van der Waals surface area (Å²) in [5.74, 6) is 0.883. The molecule has 4 heteroatoms. The number of carbonyl (C=O) groups excluding carboxylic acids is 1. The molecule has 0 fully saturated rings. The van der Waals surface area contributed by atoms with Crippen LogP contribution >= 0.6 is 0 Å². The molecule has 0 aliphatic carbocycles. The van der Waals surface area contributed by atoms with Crippen molar-refractivity contribution in [3.8, 4) is 5.75 Å². The van der Waals surface area contributed by atoms with Gasteiger partial charge >= 0.3 is 5.97 Å². The van der Waals surface area contributed by atoms with Crippen molar-refractivity contribution in [3.63, 3.8) is 0 Å². The zero-order valence-electron chi connectivity index (χ0n) is 10.4. The molecule has 1 heterocycles. The smallest absolute Gasteiger partial charge is 0.306 e. The van der Waals surface area contributed by atoms with Crippen LogP contribution in [0.5, 0.6) is 5.75 Å². The topological polar surface area (TPSA) is 38.8 Å². The molecule has 4 nitrogen and oxygen atoms in total. The highest BCUT2D eigenvalue weighted by Gasteiger charge is 2.30. The zero-order chi connectivity index (χ0) is 12.4. The second-order valence-electron chi connectivity index (χ2n) is 4.26. The number of hydrogen-bond donors (Lipinski definition) is 0. The number of anilines is 1. The summed E-state index contributed by atoms with van der Waals surface area (Å²) in [7, 11) is 5.10. The first kappa shape index (κ1) is 11.8. The van der Waals surface area contributed by atoms with Gasteiger partial charge in [-0.1, -0.05) is 12.1 Å². The Hall–Kier alpha value is -1.71. The van der Waals surface area contributed by atoms with Crippen LogP contribution in [0.3, 0.4) is 0 Å². The lowest BCUT2D eigenvalue weighted by molar-refractivity contribution is -0.140. The fourth-order valence-corrected chi connectivity index (χ4v) is 2.42. The Bertz CT molecular complexity index is 431. The third-order valence-electron chi connectivity index (χ3n) is 3.21. The number of likely N-dealkylation sites (N-methyl/N-ethyl adjacent to an activating group) is 1. The quantitative estimate of drug-likeness (QED) is 0.749. The van der Waals surface area contributed by atoms with Crippen LogP contribution in [0.15, 0.2) is 18.2 Å². The van der Waals surface area contributed by atoms with Crippen LogP contribution in [0, 0.1) is 0 Å². The lowest BCUT2D eigenvalue weighted by Gasteiger charge is -2.15. The number of rotatable bonds is 3. The summed E-state index contributed by atoms with van der Waals surface area (Å²) in [6.07, 6.45) is 0.418. The Balaban J connectivity index is 2.31. The second-order valence-corrected chi connectivity index (χ2v) is 4.26. The van der Waals surface area contributed by atoms with E-state index in [2.05, 4.69) is 11.0 Å². The van der Waals surface area contributed by atoms with Gasteiger partial charge in [0.15, 0.2) is 0 Å². The Morgan fingerprint density at radius 2 is 2.24 bits per heavy atom. The van der Waals surface area contributed by atoms with E-state index in [0.29, 0.717) is 6.42 Å². The number of fused-ring (bicyclic) bond motifs is 1. The number of carbonyl (C=O) groups is 1. The van der Waals surface area contributed by atoms with Crippen molar-refractivity contribution in [2.24, 2.45) is 0 Å². The first-order valence-electron chi connectivity index (χ1n) is 5.62. The molecule has 0 bridgehead atoms.